The van der Waals surface area contributed by atoms with Crippen molar-refractivity contribution in [2.24, 2.45) is 5.73 Å². The Balaban J connectivity index is 1.89. The number of carbonyl (C=O) groups is 1. The molecular formula is C15H22N4O2. The van der Waals surface area contributed by atoms with Gasteiger partial charge in [0.2, 0.25) is 5.91 Å². The molecule has 5 N–H and O–H groups in total. The minimum absolute atomic E-state index is 0.0156. The molecule has 6 heteroatoms. The lowest BCUT2D eigenvalue weighted by molar-refractivity contribution is -0.122. The Morgan fingerprint density at radius 3 is 3.10 bits per heavy atom. The fourth-order valence-electron chi connectivity index (χ4n) is 2.29. The summed E-state index contributed by atoms with van der Waals surface area (Å²) in [7, 11) is 0. The summed E-state index contributed by atoms with van der Waals surface area (Å²) in [6, 6.07) is 6.95. The Kier molecular flexibility index (Phi) is 5.16. The van der Waals surface area contributed by atoms with E-state index in [1.54, 1.807) is 18.2 Å². The molecular weight excluding hydrogens is 268 g/mol. The highest BCUT2D eigenvalue weighted by Crippen LogP contribution is 2.18. The third kappa shape index (κ3) is 4.19. The first-order valence-electron chi connectivity index (χ1n) is 7.22. The van der Waals surface area contributed by atoms with Crippen LogP contribution in [0, 0.1) is 5.41 Å². The molecule has 0 aliphatic carbocycles. The highest BCUT2D eigenvalue weighted by molar-refractivity contribution is 5.95. The molecule has 6 nitrogen and oxygen atoms in total. The van der Waals surface area contributed by atoms with Crippen LogP contribution in [-0.4, -0.2) is 37.0 Å². The Morgan fingerprint density at radius 2 is 2.38 bits per heavy atom. The van der Waals surface area contributed by atoms with Crippen LogP contribution in [0.1, 0.15) is 25.3 Å². The van der Waals surface area contributed by atoms with Crippen molar-refractivity contribution in [3.63, 3.8) is 0 Å². The molecule has 1 amide bonds. The van der Waals surface area contributed by atoms with Gasteiger partial charge in [0.15, 0.2) is 0 Å². The largest absolute Gasteiger partial charge is 0.489 e. The third-order valence-electron chi connectivity index (χ3n) is 3.40. The van der Waals surface area contributed by atoms with Crippen LogP contribution < -0.4 is 21.1 Å². The molecule has 1 aliphatic heterocycles. The first-order valence-corrected chi connectivity index (χ1v) is 7.22. The van der Waals surface area contributed by atoms with Crippen LogP contribution in [0.3, 0.4) is 0 Å². The van der Waals surface area contributed by atoms with E-state index in [2.05, 4.69) is 10.6 Å². The summed E-state index contributed by atoms with van der Waals surface area (Å²) in [5.74, 6) is 0.714. The second kappa shape index (κ2) is 7.08. The van der Waals surface area contributed by atoms with Crippen LogP contribution in [0.4, 0.5) is 0 Å². The summed E-state index contributed by atoms with van der Waals surface area (Å²) >= 11 is 0. The quantitative estimate of drug-likeness (QED) is 0.455. The van der Waals surface area contributed by atoms with Gasteiger partial charge < -0.3 is 21.1 Å². The number of hydrogen-bond acceptors (Lipinski definition) is 4. The van der Waals surface area contributed by atoms with Crippen molar-refractivity contribution >= 4 is 11.7 Å². The average Bonchev–Trinajstić information content (AvgIpc) is 2.93. The lowest BCUT2D eigenvalue weighted by Crippen LogP contribution is -2.40. The predicted molar refractivity (Wildman–Crippen MR) is 81.6 cm³/mol. The van der Waals surface area contributed by atoms with Gasteiger partial charge in [-0.25, -0.2) is 0 Å². The molecule has 1 heterocycles. The number of benzene rings is 1. The van der Waals surface area contributed by atoms with Gasteiger partial charge in [-0.05, 0) is 18.6 Å². The molecule has 1 aromatic carbocycles. The minimum Gasteiger partial charge on any atom is -0.489 e. The molecule has 21 heavy (non-hydrogen) atoms. The average molecular weight is 290 g/mol. The highest BCUT2D eigenvalue weighted by Gasteiger charge is 2.30. The van der Waals surface area contributed by atoms with Gasteiger partial charge in [-0.15, -0.1) is 0 Å². The van der Waals surface area contributed by atoms with Gasteiger partial charge in [0, 0.05) is 25.1 Å². The Bertz CT molecular complexity index is 518. The molecule has 2 atom stereocenters. The van der Waals surface area contributed by atoms with Gasteiger partial charge in [-0.3, -0.25) is 10.2 Å². The van der Waals surface area contributed by atoms with Crippen molar-refractivity contribution in [3.8, 4) is 5.75 Å². The normalized spacial score (nSPS) is 21.0. The van der Waals surface area contributed by atoms with Crippen LogP contribution in [0.15, 0.2) is 24.3 Å². The van der Waals surface area contributed by atoms with E-state index in [0.29, 0.717) is 30.8 Å². The van der Waals surface area contributed by atoms with Crippen molar-refractivity contribution in [1.82, 2.24) is 10.6 Å². The number of ether oxygens (including phenoxy) is 1. The van der Waals surface area contributed by atoms with E-state index in [1.165, 1.54) is 0 Å². The van der Waals surface area contributed by atoms with E-state index in [9.17, 15) is 4.79 Å². The Morgan fingerprint density at radius 1 is 1.57 bits per heavy atom. The summed E-state index contributed by atoms with van der Waals surface area (Å²) in [4.78, 5) is 11.9. The summed E-state index contributed by atoms with van der Waals surface area (Å²) in [5.41, 5.74) is 6.10. The van der Waals surface area contributed by atoms with Crippen LogP contribution in [-0.2, 0) is 4.79 Å². The lowest BCUT2D eigenvalue weighted by atomic mass is 10.1. The molecule has 0 spiro atoms. The van der Waals surface area contributed by atoms with Gasteiger partial charge in [0.1, 0.15) is 17.7 Å². The molecule has 1 fully saturated rings. The summed E-state index contributed by atoms with van der Waals surface area (Å²) in [6.45, 7) is 3.36. The molecule has 0 bridgehead atoms. The Hall–Kier alpha value is -2.08. The second-order valence-electron chi connectivity index (χ2n) is 5.17. The predicted octanol–water partition coefficient (Wildman–Crippen LogP) is 0.606. The van der Waals surface area contributed by atoms with Gasteiger partial charge in [-0.2, -0.15) is 0 Å². The van der Waals surface area contributed by atoms with Gasteiger partial charge in [0.05, 0.1) is 6.04 Å². The topological polar surface area (TPSA) is 100 Å². The zero-order valence-electron chi connectivity index (χ0n) is 12.2. The van der Waals surface area contributed by atoms with E-state index in [1.807, 2.05) is 13.0 Å². The van der Waals surface area contributed by atoms with Crippen molar-refractivity contribution < 1.29 is 9.53 Å². The molecule has 0 saturated carbocycles. The molecule has 1 saturated heterocycles. The molecule has 0 aromatic heterocycles. The van der Waals surface area contributed by atoms with Gasteiger partial charge in [-0.1, -0.05) is 19.1 Å². The van der Waals surface area contributed by atoms with Crippen LogP contribution in [0.5, 0.6) is 5.75 Å². The molecule has 2 rings (SSSR count). The maximum absolute atomic E-state index is 11.9. The second-order valence-corrected chi connectivity index (χ2v) is 5.17. The summed E-state index contributed by atoms with van der Waals surface area (Å²) < 4.78 is 5.86. The standard InChI is InChI=1S/C15H22N4O2/c1-2-6-18-15(20)13-8-12(9-19-13)21-11-5-3-4-10(7-11)14(16)17/h3-5,7,12-13,19H,2,6,8-9H2,1H3,(H3,16,17)(H,18,20)/t12-,13+/m1/s1. The van der Waals surface area contributed by atoms with Crippen molar-refractivity contribution in [2.75, 3.05) is 13.1 Å². The van der Waals surface area contributed by atoms with E-state index < -0.39 is 0 Å². The first kappa shape index (κ1) is 15.3. The number of nitrogens with one attached hydrogen (secondary N) is 3. The molecule has 0 unspecified atom stereocenters. The number of nitrogens with two attached hydrogens (primary N) is 1. The van der Waals surface area contributed by atoms with Crippen LogP contribution >= 0.6 is 0 Å². The number of amidine groups is 1. The molecule has 0 radical (unpaired) electrons. The van der Waals surface area contributed by atoms with E-state index in [4.69, 9.17) is 15.9 Å². The van der Waals surface area contributed by atoms with Crippen LogP contribution in [0.2, 0.25) is 0 Å². The number of amides is 1. The third-order valence-corrected chi connectivity index (χ3v) is 3.40. The summed E-state index contributed by atoms with van der Waals surface area (Å²) in [6.07, 6.45) is 1.51. The molecule has 1 aliphatic rings. The Labute approximate surface area is 124 Å². The van der Waals surface area contributed by atoms with Gasteiger partial charge in [0.25, 0.3) is 0 Å². The van der Waals surface area contributed by atoms with Gasteiger partial charge >= 0.3 is 0 Å². The molecule has 1 aromatic rings. The van der Waals surface area contributed by atoms with E-state index >= 15 is 0 Å². The monoisotopic (exact) mass is 290 g/mol. The molecule has 114 valence electrons. The number of nitrogen functional groups attached to an aromatic ring is 1. The smallest absolute Gasteiger partial charge is 0.237 e. The van der Waals surface area contributed by atoms with Crippen molar-refractivity contribution in [2.45, 2.75) is 31.9 Å². The highest BCUT2D eigenvalue weighted by atomic mass is 16.5. The maximum atomic E-state index is 11.9. The van der Waals surface area contributed by atoms with Crippen LogP contribution in [0.25, 0.3) is 0 Å². The minimum atomic E-state index is -0.197. The zero-order chi connectivity index (χ0) is 15.2. The number of carbonyl (C=O) groups excluding carboxylic acids is 1. The number of rotatable bonds is 6. The fourth-order valence-corrected chi connectivity index (χ4v) is 2.29. The zero-order valence-corrected chi connectivity index (χ0v) is 12.2. The van der Waals surface area contributed by atoms with Crippen molar-refractivity contribution in [3.05, 3.63) is 29.8 Å². The van der Waals surface area contributed by atoms with E-state index in [0.717, 1.165) is 6.42 Å². The lowest BCUT2D eigenvalue weighted by Gasteiger charge is -2.14. The SMILES string of the molecule is CCCNC(=O)[C@@H]1C[C@@H](Oc2cccc(C(=N)N)c2)CN1. The fraction of sp³-hybridized carbons (Fsp3) is 0.467. The van der Waals surface area contributed by atoms with E-state index in [-0.39, 0.29) is 23.9 Å². The number of hydrogen-bond donors (Lipinski definition) is 4. The first-order chi connectivity index (χ1) is 10.1. The maximum Gasteiger partial charge on any atom is 0.237 e. The van der Waals surface area contributed by atoms with Crippen molar-refractivity contribution in [1.29, 1.82) is 5.41 Å². The summed E-state index contributed by atoms with van der Waals surface area (Å²) in [5, 5.41) is 13.5.